The van der Waals surface area contributed by atoms with Crippen LogP contribution in [0.25, 0.3) is 0 Å². The molecular weight excluding hydrogens is 289 g/mol. The molecule has 1 aromatic carbocycles. The summed E-state index contributed by atoms with van der Waals surface area (Å²) in [7, 11) is 1.56. The molecule has 0 atom stereocenters. The van der Waals surface area contributed by atoms with E-state index in [0.717, 1.165) is 0 Å². The number of halogens is 1. The molecule has 6 nitrogen and oxygen atoms in total. The average molecular weight is 303 g/mol. The minimum absolute atomic E-state index is 0.0374. The molecular formula is C15H14FN3O3. The average Bonchev–Trinajstić information content (AvgIpc) is 2.84. The highest BCUT2D eigenvalue weighted by Gasteiger charge is 2.19. The highest BCUT2D eigenvalue weighted by Crippen LogP contribution is 2.16. The number of hydrogen-bond donors (Lipinski definition) is 2. The molecule has 2 rings (SSSR count). The van der Waals surface area contributed by atoms with Crippen molar-refractivity contribution in [1.29, 1.82) is 0 Å². The van der Waals surface area contributed by atoms with E-state index in [1.165, 1.54) is 35.0 Å². The number of benzene rings is 1. The number of Topliss-reactive ketones (excluding diaryl/α,β-unsaturated/α-hetero) is 1. The van der Waals surface area contributed by atoms with Crippen LogP contribution in [0, 0.1) is 12.7 Å². The number of ketones is 1. The van der Waals surface area contributed by atoms with Crippen molar-refractivity contribution in [3.05, 3.63) is 53.1 Å². The Morgan fingerprint density at radius 2 is 1.91 bits per heavy atom. The Kier molecular flexibility index (Phi) is 4.07. The van der Waals surface area contributed by atoms with E-state index in [4.69, 9.17) is 5.73 Å². The fraction of sp³-hybridized carbons (Fsp3) is 0.133. The van der Waals surface area contributed by atoms with Gasteiger partial charge in [-0.1, -0.05) is 0 Å². The minimum atomic E-state index is -1.09. The molecule has 0 aliphatic heterocycles. The van der Waals surface area contributed by atoms with E-state index in [2.05, 4.69) is 5.32 Å². The maximum atomic E-state index is 13.2. The molecule has 114 valence electrons. The van der Waals surface area contributed by atoms with Crippen molar-refractivity contribution in [3.63, 3.8) is 0 Å². The van der Waals surface area contributed by atoms with Crippen LogP contribution in [-0.2, 0) is 11.8 Å². The largest absolute Gasteiger partial charge is 0.363 e. The number of aromatic nitrogens is 1. The second kappa shape index (κ2) is 5.80. The van der Waals surface area contributed by atoms with Gasteiger partial charge in [0.2, 0.25) is 0 Å². The number of hydrogen-bond acceptors (Lipinski definition) is 3. The first kappa shape index (κ1) is 15.4. The van der Waals surface area contributed by atoms with Gasteiger partial charge in [0.1, 0.15) is 11.5 Å². The molecule has 0 bridgehead atoms. The summed E-state index contributed by atoms with van der Waals surface area (Å²) in [6.45, 7) is 1.58. The quantitative estimate of drug-likeness (QED) is 0.660. The number of aryl methyl sites for hydroxylation is 2. The third kappa shape index (κ3) is 3.03. The lowest BCUT2D eigenvalue weighted by Crippen LogP contribution is -2.22. The van der Waals surface area contributed by atoms with Crippen LogP contribution in [0.5, 0.6) is 0 Å². The maximum Gasteiger partial charge on any atom is 0.289 e. The van der Waals surface area contributed by atoms with Crippen molar-refractivity contribution in [2.24, 2.45) is 12.8 Å². The van der Waals surface area contributed by atoms with Crippen molar-refractivity contribution >= 4 is 23.3 Å². The van der Waals surface area contributed by atoms with Gasteiger partial charge < -0.3 is 15.6 Å². The van der Waals surface area contributed by atoms with Crippen LogP contribution in [0.4, 0.5) is 10.1 Å². The first-order valence-corrected chi connectivity index (χ1v) is 6.37. The zero-order valence-corrected chi connectivity index (χ0v) is 12.0. The summed E-state index contributed by atoms with van der Waals surface area (Å²) < 4.78 is 14.6. The van der Waals surface area contributed by atoms with E-state index in [1.807, 2.05) is 0 Å². The number of amides is 2. The number of rotatable bonds is 4. The van der Waals surface area contributed by atoms with E-state index in [0.29, 0.717) is 11.3 Å². The smallest absolute Gasteiger partial charge is 0.289 e. The molecule has 0 unspecified atom stereocenters. The fourth-order valence-corrected chi connectivity index (χ4v) is 1.97. The summed E-state index contributed by atoms with van der Waals surface area (Å²) in [5, 5.41) is 2.59. The molecule has 0 saturated carbocycles. The van der Waals surface area contributed by atoms with Gasteiger partial charge in [-0.05, 0) is 36.8 Å². The van der Waals surface area contributed by atoms with E-state index in [-0.39, 0.29) is 17.1 Å². The number of nitrogens with zero attached hydrogens (tertiary/aromatic N) is 1. The Bertz CT molecular complexity index is 780. The second-order valence-corrected chi connectivity index (χ2v) is 4.84. The van der Waals surface area contributed by atoms with E-state index in [1.54, 1.807) is 14.0 Å². The highest BCUT2D eigenvalue weighted by molar-refractivity contribution is 6.42. The lowest BCUT2D eigenvalue weighted by Gasteiger charge is -2.07. The zero-order chi connectivity index (χ0) is 16.4. The molecule has 0 aliphatic rings. The summed E-state index contributed by atoms with van der Waals surface area (Å²) >= 11 is 0. The summed E-state index contributed by atoms with van der Waals surface area (Å²) in [6, 6.07) is 5.45. The van der Waals surface area contributed by atoms with Crippen molar-refractivity contribution in [1.82, 2.24) is 4.57 Å². The second-order valence-electron chi connectivity index (χ2n) is 4.84. The van der Waals surface area contributed by atoms with Gasteiger partial charge >= 0.3 is 0 Å². The summed E-state index contributed by atoms with van der Waals surface area (Å²) in [5.41, 5.74) is 5.96. The van der Waals surface area contributed by atoms with Gasteiger partial charge in [-0.2, -0.15) is 0 Å². The first-order valence-electron chi connectivity index (χ1n) is 6.37. The topological polar surface area (TPSA) is 94.2 Å². The Hall–Kier alpha value is -2.96. The van der Waals surface area contributed by atoms with Gasteiger partial charge in [0.15, 0.2) is 0 Å². The van der Waals surface area contributed by atoms with Crippen LogP contribution in [0.1, 0.15) is 26.4 Å². The predicted octanol–water partition coefficient (Wildman–Crippen LogP) is 1.39. The molecule has 0 saturated heterocycles. The van der Waals surface area contributed by atoms with Gasteiger partial charge in [-0.15, -0.1) is 0 Å². The number of primary amides is 1. The van der Waals surface area contributed by atoms with E-state index < -0.39 is 17.6 Å². The van der Waals surface area contributed by atoms with Gasteiger partial charge in [-0.3, -0.25) is 14.4 Å². The summed E-state index contributed by atoms with van der Waals surface area (Å²) in [4.78, 5) is 34.6. The van der Waals surface area contributed by atoms with Gasteiger partial charge in [0.25, 0.3) is 17.6 Å². The van der Waals surface area contributed by atoms with Crippen LogP contribution in [-0.4, -0.2) is 22.2 Å². The number of carbonyl (C=O) groups is 3. The zero-order valence-electron chi connectivity index (χ0n) is 12.0. The Balaban J connectivity index is 2.24. The first-order chi connectivity index (χ1) is 10.3. The van der Waals surface area contributed by atoms with E-state index in [9.17, 15) is 18.8 Å². The molecule has 7 heteroatoms. The normalized spacial score (nSPS) is 10.3. The molecule has 0 spiro atoms. The summed E-state index contributed by atoms with van der Waals surface area (Å²) in [5.74, 6) is -2.82. The lowest BCUT2D eigenvalue weighted by molar-refractivity contribution is -0.114. The molecule has 2 aromatic rings. The number of nitrogens with one attached hydrogen (secondary N) is 1. The van der Waals surface area contributed by atoms with Crippen LogP contribution in [0.3, 0.4) is 0 Å². The Labute approximate surface area is 125 Å². The minimum Gasteiger partial charge on any atom is -0.363 e. The SMILES string of the molecule is Cc1cc(NC(=O)c2cc(C(=O)C(N)=O)cn2C)ccc1F. The molecule has 3 N–H and O–H groups in total. The van der Waals surface area contributed by atoms with E-state index >= 15 is 0 Å². The number of carbonyl (C=O) groups excluding carboxylic acids is 3. The Morgan fingerprint density at radius 1 is 1.23 bits per heavy atom. The fourth-order valence-electron chi connectivity index (χ4n) is 1.97. The van der Waals surface area contributed by atoms with Crippen molar-refractivity contribution in [2.45, 2.75) is 6.92 Å². The highest BCUT2D eigenvalue weighted by atomic mass is 19.1. The monoisotopic (exact) mass is 303 g/mol. The molecule has 0 radical (unpaired) electrons. The molecule has 1 aromatic heterocycles. The molecule has 0 aliphatic carbocycles. The van der Waals surface area contributed by atoms with Gasteiger partial charge in [0, 0.05) is 24.5 Å². The van der Waals surface area contributed by atoms with Crippen LogP contribution >= 0.6 is 0 Å². The van der Waals surface area contributed by atoms with Crippen LogP contribution in [0.15, 0.2) is 30.5 Å². The number of nitrogens with two attached hydrogens (primary N) is 1. The summed E-state index contributed by atoms with van der Waals surface area (Å²) in [6.07, 6.45) is 1.35. The third-order valence-electron chi connectivity index (χ3n) is 3.14. The van der Waals surface area contributed by atoms with Gasteiger partial charge in [0.05, 0.1) is 0 Å². The lowest BCUT2D eigenvalue weighted by atomic mass is 10.2. The molecule has 1 heterocycles. The van der Waals surface area contributed by atoms with Crippen molar-refractivity contribution in [3.8, 4) is 0 Å². The maximum absolute atomic E-state index is 13.2. The van der Waals surface area contributed by atoms with Gasteiger partial charge in [-0.25, -0.2) is 4.39 Å². The Morgan fingerprint density at radius 3 is 2.50 bits per heavy atom. The molecule has 2 amide bonds. The molecule has 22 heavy (non-hydrogen) atoms. The van der Waals surface area contributed by atoms with Crippen molar-refractivity contribution in [2.75, 3.05) is 5.32 Å². The standard InChI is InChI=1S/C15H14FN3O3/c1-8-5-10(3-4-11(8)16)18-15(22)12-6-9(7-19(12)2)13(20)14(17)21/h3-7H,1-2H3,(H2,17,21)(H,18,22). The molecule has 0 fully saturated rings. The van der Waals surface area contributed by atoms with Crippen molar-refractivity contribution < 1.29 is 18.8 Å². The van der Waals surface area contributed by atoms with Crippen LogP contribution in [0.2, 0.25) is 0 Å². The van der Waals surface area contributed by atoms with Crippen LogP contribution < -0.4 is 11.1 Å². The third-order valence-corrected chi connectivity index (χ3v) is 3.14. The number of anilines is 1. The predicted molar refractivity (Wildman–Crippen MR) is 78.0 cm³/mol.